The van der Waals surface area contributed by atoms with E-state index in [0.717, 1.165) is 0 Å². The van der Waals surface area contributed by atoms with Gasteiger partial charge in [-0.2, -0.15) is 0 Å². The summed E-state index contributed by atoms with van der Waals surface area (Å²) in [4.78, 5) is 0. The lowest BCUT2D eigenvalue weighted by molar-refractivity contribution is 0.618. The topological polar surface area (TPSA) is 0 Å². The number of alkyl halides is 1. The summed E-state index contributed by atoms with van der Waals surface area (Å²) < 4.78 is 13.4. The van der Waals surface area contributed by atoms with E-state index >= 15 is 0 Å². The van der Waals surface area contributed by atoms with E-state index in [-0.39, 0.29) is 5.82 Å². The van der Waals surface area contributed by atoms with Gasteiger partial charge in [0.15, 0.2) is 0 Å². The van der Waals surface area contributed by atoms with E-state index in [1.165, 1.54) is 12.1 Å². The van der Waals surface area contributed by atoms with E-state index in [1.807, 2.05) is 22.6 Å². The van der Waals surface area contributed by atoms with Crippen LogP contribution in [0.5, 0.6) is 0 Å². The summed E-state index contributed by atoms with van der Waals surface area (Å²) in [5.74, 6) is -0.297. The van der Waals surface area contributed by atoms with Gasteiger partial charge in [-0.1, -0.05) is 45.8 Å². The van der Waals surface area contributed by atoms with Gasteiger partial charge in [-0.15, -0.1) is 0 Å². The van der Waals surface area contributed by atoms with Crippen molar-refractivity contribution in [3.05, 3.63) is 33.6 Å². The molecule has 0 aliphatic rings. The average Bonchev–Trinajstić information content (AvgIpc) is 1.99. The van der Waals surface area contributed by atoms with Crippen molar-refractivity contribution >= 4 is 45.8 Å². The van der Waals surface area contributed by atoms with Crippen LogP contribution in [0.25, 0.3) is 0 Å². The lowest BCUT2D eigenvalue weighted by Gasteiger charge is -2.02. The number of hydrogen-bond donors (Lipinski definition) is 0. The van der Waals surface area contributed by atoms with E-state index in [4.69, 9.17) is 23.2 Å². The smallest absolute Gasteiger partial charge is 0.128 e. The highest BCUT2D eigenvalue weighted by Gasteiger charge is 2.08. The predicted octanol–water partition coefficient (Wildman–Crippen LogP) is 4.07. The summed E-state index contributed by atoms with van der Waals surface area (Å²) in [6.45, 7) is 0. The molecule has 4 heteroatoms. The highest BCUT2D eigenvalue weighted by atomic mass is 127. The molecular weight excluding hydrogens is 301 g/mol. The van der Waals surface area contributed by atoms with E-state index in [9.17, 15) is 4.39 Å². The van der Waals surface area contributed by atoms with Crippen LogP contribution in [0.3, 0.4) is 0 Å². The lowest BCUT2D eigenvalue weighted by atomic mass is 10.2. The fourth-order valence-electron chi connectivity index (χ4n) is 0.692. The van der Waals surface area contributed by atoms with Crippen LogP contribution in [0.15, 0.2) is 12.1 Å². The summed E-state index contributed by atoms with van der Waals surface area (Å²) in [5, 5.41) is 0.723. The third-order valence-electron chi connectivity index (χ3n) is 1.27. The largest absolute Gasteiger partial charge is 0.207 e. The van der Waals surface area contributed by atoms with Gasteiger partial charge >= 0.3 is 0 Å². The second-order valence-electron chi connectivity index (χ2n) is 1.96. The van der Waals surface area contributed by atoms with Gasteiger partial charge in [0.05, 0.1) is 10.0 Å². The van der Waals surface area contributed by atoms with Crippen LogP contribution in [0.4, 0.5) is 4.39 Å². The first-order chi connectivity index (χ1) is 5.16. The molecule has 1 aromatic carbocycles. The Bertz CT molecular complexity index is 275. The predicted molar refractivity (Wildman–Crippen MR) is 54.1 cm³/mol. The van der Waals surface area contributed by atoms with Crippen LogP contribution >= 0.6 is 45.8 Å². The van der Waals surface area contributed by atoms with Crippen molar-refractivity contribution in [2.45, 2.75) is 4.43 Å². The number of hydrogen-bond acceptors (Lipinski definition) is 0. The quantitative estimate of drug-likeness (QED) is 0.417. The van der Waals surface area contributed by atoms with Gasteiger partial charge in [0, 0.05) is 9.99 Å². The number of benzene rings is 1. The van der Waals surface area contributed by atoms with Gasteiger partial charge in [0.1, 0.15) is 5.82 Å². The first-order valence-electron chi connectivity index (χ1n) is 2.85. The molecular formula is C7H4Cl2FI. The molecule has 1 aromatic rings. The van der Waals surface area contributed by atoms with E-state index in [0.29, 0.717) is 20.0 Å². The highest BCUT2D eigenvalue weighted by Crippen LogP contribution is 2.29. The molecule has 0 heterocycles. The monoisotopic (exact) mass is 304 g/mol. The maximum absolute atomic E-state index is 12.9. The van der Waals surface area contributed by atoms with Crippen LogP contribution < -0.4 is 0 Å². The molecule has 11 heavy (non-hydrogen) atoms. The first kappa shape index (κ1) is 9.55. The third kappa shape index (κ3) is 1.98. The Labute approximate surface area is 87.8 Å². The summed E-state index contributed by atoms with van der Waals surface area (Å²) in [5.41, 5.74) is 0.472. The van der Waals surface area contributed by atoms with Crippen LogP contribution in [-0.2, 0) is 4.43 Å². The summed E-state index contributed by atoms with van der Waals surface area (Å²) in [6.07, 6.45) is 0. The Kier molecular flexibility index (Phi) is 3.40. The van der Waals surface area contributed by atoms with Gasteiger partial charge < -0.3 is 0 Å². The molecule has 0 unspecified atom stereocenters. The molecule has 0 amide bonds. The number of halogens is 4. The summed E-state index contributed by atoms with van der Waals surface area (Å²) >= 11 is 13.4. The normalized spacial score (nSPS) is 10.2. The molecule has 0 saturated heterocycles. The highest BCUT2D eigenvalue weighted by molar-refractivity contribution is 14.1. The van der Waals surface area contributed by atoms with Gasteiger partial charge in [0.2, 0.25) is 0 Å². The van der Waals surface area contributed by atoms with Crippen molar-refractivity contribution in [3.63, 3.8) is 0 Å². The van der Waals surface area contributed by atoms with Crippen molar-refractivity contribution in [1.29, 1.82) is 0 Å². The lowest BCUT2D eigenvalue weighted by Crippen LogP contribution is -1.87. The Morgan fingerprint density at radius 3 is 2.45 bits per heavy atom. The zero-order chi connectivity index (χ0) is 8.43. The molecule has 0 atom stereocenters. The minimum absolute atomic E-state index is 0.297. The molecule has 0 aliphatic carbocycles. The van der Waals surface area contributed by atoms with Crippen LogP contribution in [0.2, 0.25) is 10.0 Å². The summed E-state index contributed by atoms with van der Waals surface area (Å²) in [6, 6.07) is 2.78. The molecule has 0 N–H and O–H groups in total. The average molecular weight is 305 g/mol. The Hall–Kier alpha value is 0.460. The minimum Gasteiger partial charge on any atom is -0.207 e. The van der Waals surface area contributed by atoms with Crippen LogP contribution in [0, 0.1) is 5.82 Å². The van der Waals surface area contributed by atoms with Crippen molar-refractivity contribution < 1.29 is 4.39 Å². The van der Waals surface area contributed by atoms with Gasteiger partial charge in [-0.05, 0) is 12.1 Å². The van der Waals surface area contributed by atoms with Gasteiger partial charge in [0.25, 0.3) is 0 Å². The minimum atomic E-state index is -0.297. The first-order valence-corrected chi connectivity index (χ1v) is 5.13. The molecule has 0 spiro atoms. The SMILES string of the molecule is Fc1ccc(Cl)c(Cl)c1CI. The molecule has 0 bridgehead atoms. The van der Waals surface area contributed by atoms with Gasteiger partial charge in [-0.25, -0.2) is 4.39 Å². The van der Waals surface area contributed by atoms with E-state index in [1.54, 1.807) is 0 Å². The van der Waals surface area contributed by atoms with E-state index < -0.39 is 0 Å². The second-order valence-corrected chi connectivity index (χ2v) is 3.50. The molecule has 0 nitrogen and oxygen atoms in total. The van der Waals surface area contributed by atoms with Gasteiger partial charge in [-0.3, -0.25) is 0 Å². The molecule has 60 valence electrons. The molecule has 0 aromatic heterocycles. The maximum atomic E-state index is 12.9. The Morgan fingerprint density at radius 2 is 2.00 bits per heavy atom. The van der Waals surface area contributed by atoms with Crippen molar-refractivity contribution in [2.75, 3.05) is 0 Å². The zero-order valence-corrected chi connectivity index (χ0v) is 9.04. The summed E-state index contributed by atoms with van der Waals surface area (Å²) in [7, 11) is 0. The fourth-order valence-corrected chi connectivity index (χ4v) is 2.06. The molecule has 0 fully saturated rings. The van der Waals surface area contributed by atoms with Crippen molar-refractivity contribution in [2.24, 2.45) is 0 Å². The molecule has 0 aliphatic heterocycles. The molecule has 1 rings (SSSR count). The Balaban J connectivity index is 3.29. The standard InChI is InChI=1S/C7H4Cl2FI/c8-5-1-2-6(10)4(3-11)7(5)9/h1-2H,3H2. The molecule has 0 radical (unpaired) electrons. The Morgan fingerprint density at radius 1 is 1.36 bits per heavy atom. The van der Waals surface area contributed by atoms with Crippen molar-refractivity contribution in [3.8, 4) is 0 Å². The second kappa shape index (κ2) is 3.92. The van der Waals surface area contributed by atoms with E-state index in [2.05, 4.69) is 0 Å². The maximum Gasteiger partial charge on any atom is 0.128 e. The van der Waals surface area contributed by atoms with Crippen molar-refractivity contribution in [1.82, 2.24) is 0 Å². The third-order valence-corrected chi connectivity index (χ3v) is 2.88. The fraction of sp³-hybridized carbons (Fsp3) is 0.143. The zero-order valence-electron chi connectivity index (χ0n) is 5.37. The van der Waals surface area contributed by atoms with Crippen LogP contribution in [-0.4, -0.2) is 0 Å². The molecule has 0 saturated carbocycles. The van der Waals surface area contributed by atoms with Crippen LogP contribution in [0.1, 0.15) is 5.56 Å². The number of rotatable bonds is 1.